The fourth-order valence-corrected chi connectivity index (χ4v) is 5.55. The van der Waals surface area contributed by atoms with Crippen LogP contribution >= 0.6 is 7.82 Å². The Morgan fingerprint density at radius 1 is 0.791 bits per heavy atom. The highest BCUT2D eigenvalue weighted by molar-refractivity contribution is 7.46. The van der Waals surface area contributed by atoms with E-state index in [1.807, 2.05) is 0 Å². The highest BCUT2D eigenvalue weighted by atomic mass is 31.2. The molecule has 1 aliphatic rings. The topological polar surface area (TPSA) is 201 Å². The number of carbonyl (C=O) groups is 4. The first-order valence-electron chi connectivity index (χ1n) is 15.7. The van der Waals surface area contributed by atoms with Crippen LogP contribution in [-0.4, -0.2) is 75.5 Å². The van der Waals surface area contributed by atoms with Gasteiger partial charge in [-0.25, -0.2) is 9.36 Å². The van der Waals surface area contributed by atoms with Crippen molar-refractivity contribution in [2.24, 2.45) is 11.8 Å². The number of aliphatic hydroxyl groups is 1. The van der Waals surface area contributed by atoms with E-state index in [0.29, 0.717) is 12.8 Å². The Bertz CT molecular complexity index is 928. The molecule has 1 saturated heterocycles. The van der Waals surface area contributed by atoms with Crippen LogP contribution in [0, 0.1) is 11.8 Å². The summed E-state index contributed by atoms with van der Waals surface area (Å²) in [7, 11) is -5.07. The molecule has 14 heteroatoms. The number of rotatable bonds is 17. The molecule has 0 bridgehead atoms. The second kappa shape index (κ2) is 20.1. The first kappa shape index (κ1) is 39.0. The fraction of sp³-hybridized carbons (Fsp3) is 0.862. The zero-order valence-electron chi connectivity index (χ0n) is 26.4. The molecule has 13 nitrogen and oxygen atoms in total. The minimum atomic E-state index is -5.07. The van der Waals surface area contributed by atoms with Gasteiger partial charge < -0.3 is 35.6 Å². The normalized spacial score (nSPS) is 25.1. The maximum atomic E-state index is 13.3. The molecule has 1 aliphatic heterocycles. The lowest BCUT2D eigenvalue weighted by Crippen LogP contribution is -2.60. The Balaban J connectivity index is 3.02. The number of hydrogen-bond acceptors (Lipinski definition) is 8. The van der Waals surface area contributed by atoms with Gasteiger partial charge in [-0.2, -0.15) is 0 Å². The summed E-state index contributed by atoms with van der Waals surface area (Å²) < 4.78 is 21.7. The molecule has 6 atom stereocenters. The Morgan fingerprint density at radius 3 is 1.77 bits per heavy atom. The maximum Gasteiger partial charge on any atom is 0.469 e. The van der Waals surface area contributed by atoms with Crippen molar-refractivity contribution in [1.82, 2.24) is 16.0 Å². The van der Waals surface area contributed by atoms with Crippen LogP contribution in [0.25, 0.3) is 0 Å². The molecule has 0 radical (unpaired) electrons. The number of cyclic esters (lactones) is 1. The van der Waals surface area contributed by atoms with Crippen molar-refractivity contribution < 1.29 is 47.9 Å². The predicted molar refractivity (Wildman–Crippen MR) is 160 cm³/mol. The molecule has 250 valence electrons. The van der Waals surface area contributed by atoms with E-state index in [1.54, 1.807) is 20.8 Å². The molecule has 0 unspecified atom stereocenters. The molecule has 1 fully saturated rings. The Morgan fingerprint density at radius 2 is 1.28 bits per heavy atom. The molecular formula is C29H54N3O10P. The van der Waals surface area contributed by atoms with Crippen LogP contribution < -0.4 is 16.0 Å². The van der Waals surface area contributed by atoms with Crippen molar-refractivity contribution in [3.8, 4) is 0 Å². The van der Waals surface area contributed by atoms with Gasteiger partial charge in [-0.15, -0.1) is 0 Å². The summed E-state index contributed by atoms with van der Waals surface area (Å²) >= 11 is 0. The third kappa shape index (κ3) is 15.0. The van der Waals surface area contributed by atoms with Crippen LogP contribution in [0.2, 0.25) is 0 Å². The first-order chi connectivity index (χ1) is 20.2. The summed E-state index contributed by atoms with van der Waals surface area (Å²) in [6.07, 6.45) is 10.4. The number of hydrogen-bond donors (Lipinski definition) is 6. The minimum absolute atomic E-state index is 0.373. The monoisotopic (exact) mass is 635 g/mol. The van der Waals surface area contributed by atoms with E-state index in [9.17, 15) is 38.6 Å². The van der Waals surface area contributed by atoms with Crippen molar-refractivity contribution in [1.29, 1.82) is 0 Å². The van der Waals surface area contributed by atoms with Gasteiger partial charge in [0, 0.05) is 0 Å². The van der Waals surface area contributed by atoms with Crippen molar-refractivity contribution >= 4 is 31.5 Å². The number of esters is 1. The summed E-state index contributed by atoms with van der Waals surface area (Å²) in [4.78, 5) is 71.1. The number of phosphoric ester groups is 1. The third-order valence-corrected chi connectivity index (χ3v) is 8.32. The molecule has 1 rings (SSSR count). The van der Waals surface area contributed by atoms with Gasteiger partial charge in [-0.1, -0.05) is 91.9 Å². The largest absolute Gasteiger partial charge is 0.469 e. The fourth-order valence-electron chi connectivity index (χ4n) is 5.00. The minimum Gasteiger partial charge on any atom is -0.460 e. The average Bonchev–Trinajstić information content (AvgIpc) is 2.93. The third-order valence-electron chi connectivity index (χ3n) is 7.71. The van der Waals surface area contributed by atoms with Crippen LogP contribution in [0.3, 0.4) is 0 Å². The van der Waals surface area contributed by atoms with E-state index in [0.717, 1.165) is 26.2 Å². The average molecular weight is 636 g/mol. The molecular weight excluding hydrogens is 581 g/mol. The molecule has 43 heavy (non-hydrogen) atoms. The maximum absolute atomic E-state index is 13.3. The van der Waals surface area contributed by atoms with Crippen molar-refractivity contribution in [2.45, 2.75) is 142 Å². The highest BCUT2D eigenvalue weighted by Crippen LogP contribution is 2.38. The van der Waals surface area contributed by atoms with Gasteiger partial charge >= 0.3 is 13.8 Å². The molecule has 0 aliphatic carbocycles. The number of phosphoric acid groups is 1. The van der Waals surface area contributed by atoms with Crippen LogP contribution in [0.15, 0.2) is 0 Å². The first-order valence-corrected chi connectivity index (χ1v) is 17.2. The molecule has 1 heterocycles. The van der Waals surface area contributed by atoms with Crippen molar-refractivity contribution in [3.63, 3.8) is 0 Å². The summed E-state index contributed by atoms with van der Waals surface area (Å²) in [5.74, 6) is -4.61. The SMILES string of the molecule is CCCCCCCCCCCCC[C@H]1OC(=O)[C@H](CO)NC(=O)[C@H]([C@@H](C)OP(=O)(O)O)NC(=O)[C@H](C(C)C)NC(=O)[C@@H]1C. The van der Waals surface area contributed by atoms with E-state index < -0.39 is 80.3 Å². The molecule has 0 aromatic rings. The van der Waals surface area contributed by atoms with E-state index in [2.05, 4.69) is 27.4 Å². The van der Waals surface area contributed by atoms with E-state index >= 15 is 0 Å². The summed E-state index contributed by atoms with van der Waals surface area (Å²) in [6.45, 7) is 7.46. The van der Waals surface area contributed by atoms with Gasteiger partial charge in [0.25, 0.3) is 0 Å². The molecule has 3 amide bonds. The summed E-state index contributed by atoms with van der Waals surface area (Å²) in [5.41, 5.74) is 0. The van der Waals surface area contributed by atoms with Crippen LogP contribution in [0.1, 0.15) is 112 Å². The lowest BCUT2D eigenvalue weighted by molar-refractivity contribution is -0.159. The molecule has 0 spiro atoms. The highest BCUT2D eigenvalue weighted by Gasteiger charge is 2.39. The Kier molecular flexibility index (Phi) is 18.2. The molecule has 6 N–H and O–H groups in total. The standard InChI is InChI=1S/C29H54N3O10P/c1-6-7-8-9-10-11-12-13-14-15-16-17-23-20(4)26(34)31-24(19(2)3)27(35)32-25(21(5)42-43(38,39)40)28(36)30-22(18-33)29(37)41-23/h19-25,33H,6-18H2,1-5H3,(H,30,36)(H,31,34)(H,32,35)(H2,38,39,40)/t20-,21-,22+,23-,24+,25+/m1/s1. The number of amides is 3. The second-order valence-corrected chi connectivity index (χ2v) is 13.0. The second-order valence-electron chi connectivity index (χ2n) is 11.8. The van der Waals surface area contributed by atoms with Gasteiger partial charge in [0.05, 0.1) is 18.6 Å². The molecule has 0 aromatic heterocycles. The lowest BCUT2D eigenvalue weighted by atomic mass is 9.95. The number of nitrogens with one attached hydrogen (secondary N) is 3. The van der Waals surface area contributed by atoms with E-state index in [4.69, 9.17) is 4.74 Å². The van der Waals surface area contributed by atoms with E-state index in [1.165, 1.54) is 44.9 Å². The Hall–Kier alpha value is -2.05. The smallest absolute Gasteiger partial charge is 0.460 e. The number of unbranched alkanes of at least 4 members (excludes halogenated alkanes) is 10. The summed E-state index contributed by atoms with van der Waals surface area (Å²) in [6, 6.07) is -4.34. The lowest BCUT2D eigenvalue weighted by Gasteiger charge is -2.29. The number of aliphatic hydroxyl groups excluding tert-OH is 1. The van der Waals surface area contributed by atoms with E-state index in [-0.39, 0.29) is 0 Å². The van der Waals surface area contributed by atoms with Gasteiger partial charge in [0.1, 0.15) is 18.2 Å². The molecule has 0 aromatic carbocycles. The van der Waals surface area contributed by atoms with Crippen LogP contribution in [0.5, 0.6) is 0 Å². The molecule has 0 saturated carbocycles. The zero-order valence-corrected chi connectivity index (χ0v) is 27.3. The van der Waals surface area contributed by atoms with Crippen molar-refractivity contribution in [3.05, 3.63) is 0 Å². The predicted octanol–water partition coefficient (Wildman–Crippen LogP) is 2.85. The van der Waals surface area contributed by atoms with Crippen LogP contribution in [-0.2, 0) is 33.0 Å². The zero-order chi connectivity index (χ0) is 32.6. The summed E-state index contributed by atoms with van der Waals surface area (Å²) in [5, 5.41) is 17.2. The van der Waals surface area contributed by atoms with Gasteiger partial charge in [0.2, 0.25) is 17.7 Å². The van der Waals surface area contributed by atoms with Gasteiger partial charge in [0.15, 0.2) is 6.04 Å². The van der Waals surface area contributed by atoms with Crippen molar-refractivity contribution in [2.75, 3.05) is 6.61 Å². The quantitative estimate of drug-likeness (QED) is 0.0784. The number of carbonyl (C=O) groups excluding carboxylic acids is 4. The number of ether oxygens (including phenoxy) is 1. The Labute approximate surface area is 255 Å². The van der Waals surface area contributed by atoms with Crippen LogP contribution in [0.4, 0.5) is 0 Å². The van der Waals surface area contributed by atoms with Gasteiger partial charge in [-0.3, -0.25) is 18.9 Å². The van der Waals surface area contributed by atoms with Gasteiger partial charge in [-0.05, 0) is 25.7 Å².